The zero-order valence-electron chi connectivity index (χ0n) is 8.14. The minimum absolute atomic E-state index is 0.147. The number of para-hydroxylation sites is 1. The van der Waals surface area contributed by atoms with Crippen LogP contribution in [0.2, 0.25) is 0 Å². The van der Waals surface area contributed by atoms with Crippen LogP contribution in [0.5, 0.6) is 0 Å². The predicted molar refractivity (Wildman–Crippen MR) is 54.4 cm³/mol. The van der Waals surface area contributed by atoms with Gasteiger partial charge in [-0.15, -0.1) is 0 Å². The topological polar surface area (TPSA) is 44.5 Å². The number of benzene rings is 1. The molecule has 0 aliphatic carbocycles. The third-order valence-corrected chi connectivity index (χ3v) is 2.34. The highest BCUT2D eigenvalue weighted by molar-refractivity contribution is 5.48. The van der Waals surface area contributed by atoms with Crippen LogP contribution < -0.4 is 5.73 Å². The Morgan fingerprint density at radius 3 is 2.57 bits per heavy atom. The summed E-state index contributed by atoms with van der Waals surface area (Å²) in [6, 6.07) is 7.63. The minimum atomic E-state index is -0.206. The highest BCUT2D eigenvalue weighted by atomic mass is 16.7. The molecule has 1 radical (unpaired) electrons. The van der Waals surface area contributed by atoms with Gasteiger partial charge in [0.05, 0.1) is 6.10 Å². The lowest BCUT2D eigenvalue weighted by atomic mass is 10.0. The van der Waals surface area contributed by atoms with Crippen molar-refractivity contribution in [2.45, 2.75) is 25.4 Å². The summed E-state index contributed by atoms with van der Waals surface area (Å²) in [4.78, 5) is 0. The van der Waals surface area contributed by atoms with Crippen LogP contribution in [0.3, 0.4) is 0 Å². The number of ether oxygens (including phenoxy) is 2. The molecule has 3 heteroatoms. The van der Waals surface area contributed by atoms with Crippen LogP contribution in [-0.4, -0.2) is 12.4 Å². The van der Waals surface area contributed by atoms with Crippen LogP contribution in [0, 0.1) is 6.92 Å². The molecule has 3 nitrogen and oxygen atoms in total. The average molecular weight is 192 g/mol. The Morgan fingerprint density at radius 2 is 2.00 bits per heavy atom. The molecule has 0 amide bonds. The molecule has 1 saturated heterocycles. The number of nitrogen functional groups attached to an aromatic ring is 1. The third kappa shape index (κ3) is 1.61. The van der Waals surface area contributed by atoms with Gasteiger partial charge in [-0.2, -0.15) is 0 Å². The quantitative estimate of drug-likeness (QED) is 0.691. The Bertz CT molecular complexity index is 327. The van der Waals surface area contributed by atoms with Gasteiger partial charge in [-0.05, 0) is 19.9 Å². The maximum Gasteiger partial charge on any atom is 0.156 e. The second-order valence-corrected chi connectivity index (χ2v) is 3.43. The summed E-state index contributed by atoms with van der Waals surface area (Å²) in [5.74, 6) is 0. The van der Waals surface area contributed by atoms with Crippen LogP contribution in [0.25, 0.3) is 0 Å². The lowest BCUT2D eigenvalue weighted by molar-refractivity contribution is -0.0474. The standard InChI is InChI=1S/C11H14NO2/c1-7-11(14-8(2)13-7)9-5-3-4-6-10(9)12/h3-8,11H,1,12H2,2H3. The molecule has 14 heavy (non-hydrogen) atoms. The van der Waals surface area contributed by atoms with Gasteiger partial charge < -0.3 is 15.2 Å². The molecule has 1 aliphatic heterocycles. The molecule has 2 rings (SSSR count). The highest BCUT2D eigenvalue weighted by Gasteiger charge is 2.32. The first-order valence-corrected chi connectivity index (χ1v) is 4.67. The van der Waals surface area contributed by atoms with Crippen LogP contribution in [0.1, 0.15) is 18.6 Å². The summed E-state index contributed by atoms with van der Waals surface area (Å²) in [5.41, 5.74) is 7.53. The van der Waals surface area contributed by atoms with E-state index in [1.165, 1.54) is 0 Å². The zero-order chi connectivity index (χ0) is 10.1. The van der Waals surface area contributed by atoms with E-state index in [0.29, 0.717) is 0 Å². The van der Waals surface area contributed by atoms with E-state index in [1.807, 2.05) is 31.2 Å². The SMILES string of the molecule is [CH2]C1OC(C)OC1c1ccccc1N. The average Bonchev–Trinajstić information content (AvgIpc) is 2.46. The number of nitrogens with two attached hydrogens (primary N) is 1. The maximum atomic E-state index is 5.84. The van der Waals surface area contributed by atoms with Crippen molar-refractivity contribution in [2.24, 2.45) is 0 Å². The number of hydrogen-bond acceptors (Lipinski definition) is 3. The number of anilines is 1. The molecule has 75 valence electrons. The van der Waals surface area contributed by atoms with Gasteiger partial charge in [0.25, 0.3) is 0 Å². The largest absolute Gasteiger partial charge is 0.398 e. The fourth-order valence-electron chi connectivity index (χ4n) is 1.69. The van der Waals surface area contributed by atoms with Gasteiger partial charge in [-0.25, -0.2) is 0 Å². The summed E-state index contributed by atoms with van der Waals surface area (Å²) < 4.78 is 11.0. The molecule has 1 aromatic rings. The predicted octanol–water partition coefficient (Wildman–Crippen LogP) is 1.91. The molecule has 0 spiro atoms. The fraction of sp³-hybridized carbons (Fsp3) is 0.364. The van der Waals surface area contributed by atoms with Crippen molar-refractivity contribution < 1.29 is 9.47 Å². The van der Waals surface area contributed by atoms with Gasteiger partial charge in [0.1, 0.15) is 6.10 Å². The molecule has 1 aromatic carbocycles. The molecule has 1 heterocycles. The van der Waals surface area contributed by atoms with E-state index in [2.05, 4.69) is 6.92 Å². The van der Waals surface area contributed by atoms with Crippen LogP contribution in [-0.2, 0) is 9.47 Å². The smallest absolute Gasteiger partial charge is 0.156 e. The molecule has 0 bridgehead atoms. The van der Waals surface area contributed by atoms with Crippen LogP contribution >= 0.6 is 0 Å². The van der Waals surface area contributed by atoms with Gasteiger partial charge >= 0.3 is 0 Å². The van der Waals surface area contributed by atoms with Gasteiger partial charge in [0.2, 0.25) is 0 Å². The molecule has 1 aliphatic rings. The van der Waals surface area contributed by atoms with Crippen molar-refractivity contribution in [3.8, 4) is 0 Å². The Hall–Kier alpha value is -1.06. The summed E-state index contributed by atoms with van der Waals surface area (Å²) in [6.45, 7) is 5.74. The monoisotopic (exact) mass is 192 g/mol. The van der Waals surface area contributed by atoms with Crippen molar-refractivity contribution >= 4 is 5.69 Å². The molecule has 0 aromatic heterocycles. The first kappa shape index (κ1) is 9.49. The fourth-order valence-corrected chi connectivity index (χ4v) is 1.69. The van der Waals surface area contributed by atoms with Crippen molar-refractivity contribution in [1.29, 1.82) is 0 Å². The van der Waals surface area contributed by atoms with E-state index in [0.717, 1.165) is 11.3 Å². The van der Waals surface area contributed by atoms with Crippen LogP contribution in [0.4, 0.5) is 5.69 Å². The van der Waals surface area contributed by atoms with Gasteiger partial charge in [0, 0.05) is 11.3 Å². The normalized spacial score (nSPS) is 32.0. The first-order valence-electron chi connectivity index (χ1n) is 4.67. The Morgan fingerprint density at radius 1 is 1.29 bits per heavy atom. The van der Waals surface area contributed by atoms with E-state index >= 15 is 0 Å². The summed E-state index contributed by atoms with van der Waals surface area (Å²) in [6.07, 6.45) is -0.539. The van der Waals surface area contributed by atoms with E-state index < -0.39 is 0 Å². The molecule has 1 fully saturated rings. The number of hydrogen-bond donors (Lipinski definition) is 1. The van der Waals surface area contributed by atoms with Crippen molar-refractivity contribution in [2.75, 3.05) is 5.73 Å². The van der Waals surface area contributed by atoms with E-state index in [4.69, 9.17) is 15.2 Å². The van der Waals surface area contributed by atoms with Gasteiger partial charge in [-0.1, -0.05) is 18.2 Å². The first-order chi connectivity index (χ1) is 6.68. The lowest BCUT2D eigenvalue weighted by Gasteiger charge is -2.14. The molecular weight excluding hydrogens is 178 g/mol. The summed E-state index contributed by atoms with van der Waals surface area (Å²) in [5, 5.41) is 0. The Labute approximate surface area is 83.8 Å². The maximum absolute atomic E-state index is 5.84. The highest BCUT2D eigenvalue weighted by Crippen LogP contribution is 2.34. The van der Waals surface area contributed by atoms with E-state index in [1.54, 1.807) is 0 Å². The van der Waals surface area contributed by atoms with Crippen molar-refractivity contribution in [3.63, 3.8) is 0 Å². The zero-order valence-corrected chi connectivity index (χ0v) is 8.14. The Kier molecular flexibility index (Phi) is 2.44. The molecule has 0 saturated carbocycles. The summed E-state index contributed by atoms with van der Waals surface area (Å²) >= 11 is 0. The molecule has 3 atom stereocenters. The Balaban J connectivity index is 2.27. The van der Waals surface area contributed by atoms with E-state index in [-0.39, 0.29) is 18.5 Å². The lowest BCUT2D eigenvalue weighted by Crippen LogP contribution is -2.12. The van der Waals surface area contributed by atoms with Crippen LogP contribution in [0.15, 0.2) is 24.3 Å². The van der Waals surface area contributed by atoms with Crippen molar-refractivity contribution in [1.82, 2.24) is 0 Å². The second kappa shape index (κ2) is 3.59. The van der Waals surface area contributed by atoms with Gasteiger partial charge in [0.15, 0.2) is 6.29 Å². The molecule has 2 N–H and O–H groups in total. The van der Waals surface area contributed by atoms with Crippen molar-refractivity contribution in [3.05, 3.63) is 36.8 Å². The van der Waals surface area contributed by atoms with Gasteiger partial charge in [-0.3, -0.25) is 0 Å². The molecule has 3 unspecified atom stereocenters. The third-order valence-electron chi connectivity index (χ3n) is 2.34. The minimum Gasteiger partial charge on any atom is -0.398 e. The number of rotatable bonds is 1. The van der Waals surface area contributed by atoms with E-state index in [9.17, 15) is 0 Å². The second-order valence-electron chi connectivity index (χ2n) is 3.43. The summed E-state index contributed by atoms with van der Waals surface area (Å²) in [7, 11) is 0. The molecular formula is C11H14NO2.